The Balaban J connectivity index is 1.57. The molecule has 0 aromatic heterocycles. The van der Waals surface area contributed by atoms with Gasteiger partial charge in [0.2, 0.25) is 0 Å². The van der Waals surface area contributed by atoms with E-state index >= 15 is 0 Å². The van der Waals surface area contributed by atoms with E-state index in [9.17, 15) is 0 Å². The van der Waals surface area contributed by atoms with E-state index in [1.165, 1.54) is 56.8 Å². The molecule has 2 heterocycles. The second kappa shape index (κ2) is 8.20. The van der Waals surface area contributed by atoms with Gasteiger partial charge in [-0.1, -0.05) is 6.08 Å². The Bertz CT molecular complexity index is 265. The summed E-state index contributed by atoms with van der Waals surface area (Å²) >= 11 is 2.18. The molecule has 1 saturated heterocycles. The van der Waals surface area contributed by atoms with Gasteiger partial charge >= 0.3 is 0 Å². The maximum atomic E-state index is 5.18. The number of rotatable bonds is 6. The zero-order chi connectivity index (χ0) is 12.6. The first kappa shape index (κ1) is 14.4. The molecule has 0 amide bonds. The van der Waals surface area contributed by atoms with Crippen LogP contribution in [-0.2, 0) is 4.74 Å². The molecule has 0 aromatic rings. The van der Waals surface area contributed by atoms with Crippen LogP contribution in [0.3, 0.4) is 0 Å². The number of nitrogens with one attached hydrogen (secondary N) is 1. The highest BCUT2D eigenvalue weighted by Gasteiger charge is 2.15. The molecule has 0 aliphatic carbocycles. The predicted molar refractivity (Wildman–Crippen MR) is 79.4 cm³/mol. The number of methoxy groups -OCH3 is 1. The average molecular weight is 270 g/mol. The lowest BCUT2D eigenvalue weighted by Gasteiger charge is -2.27. The molecule has 0 atom stereocenters. The smallest absolute Gasteiger partial charge is 0.0673 e. The van der Waals surface area contributed by atoms with Crippen LogP contribution in [-0.4, -0.2) is 62.3 Å². The lowest BCUT2D eigenvalue weighted by atomic mass is 10.1. The maximum Gasteiger partial charge on any atom is 0.0673 e. The quantitative estimate of drug-likeness (QED) is 0.743. The van der Waals surface area contributed by atoms with Crippen LogP contribution in [0.15, 0.2) is 11.6 Å². The van der Waals surface area contributed by atoms with Crippen LogP contribution >= 0.6 is 11.8 Å². The summed E-state index contributed by atoms with van der Waals surface area (Å²) in [5.74, 6) is 1.29. The molecular weight excluding hydrogens is 244 g/mol. The third kappa shape index (κ3) is 4.92. The molecular formula is C14H26N2OS. The molecule has 0 radical (unpaired) electrons. The van der Waals surface area contributed by atoms with Gasteiger partial charge in [-0.2, -0.15) is 11.8 Å². The van der Waals surface area contributed by atoms with E-state index in [2.05, 4.69) is 28.1 Å². The van der Waals surface area contributed by atoms with Gasteiger partial charge in [0, 0.05) is 37.7 Å². The fraction of sp³-hybridized carbons (Fsp3) is 0.857. The van der Waals surface area contributed by atoms with Crippen LogP contribution in [0, 0.1) is 0 Å². The van der Waals surface area contributed by atoms with Gasteiger partial charge in [-0.05, 0) is 37.9 Å². The van der Waals surface area contributed by atoms with Gasteiger partial charge in [0.25, 0.3) is 0 Å². The highest BCUT2D eigenvalue weighted by atomic mass is 32.2. The van der Waals surface area contributed by atoms with Crippen molar-refractivity contribution in [1.29, 1.82) is 0 Å². The van der Waals surface area contributed by atoms with Gasteiger partial charge in [0.1, 0.15) is 0 Å². The molecule has 0 unspecified atom stereocenters. The van der Waals surface area contributed by atoms with Crippen molar-refractivity contribution < 1.29 is 4.74 Å². The fourth-order valence-corrected chi connectivity index (χ4v) is 3.85. The third-order valence-corrected chi connectivity index (χ3v) is 5.13. The summed E-state index contributed by atoms with van der Waals surface area (Å²) in [4.78, 5) is 2.56. The Morgan fingerprint density at radius 1 is 1.44 bits per heavy atom. The Morgan fingerprint density at radius 2 is 2.28 bits per heavy atom. The third-order valence-electron chi connectivity index (χ3n) is 3.76. The molecule has 0 spiro atoms. The van der Waals surface area contributed by atoms with Gasteiger partial charge in [0.05, 0.1) is 6.61 Å². The summed E-state index contributed by atoms with van der Waals surface area (Å²) < 4.78 is 5.18. The van der Waals surface area contributed by atoms with E-state index in [-0.39, 0.29) is 0 Å². The summed E-state index contributed by atoms with van der Waals surface area (Å²) in [6, 6.07) is 0. The number of piperidine rings is 1. The standard InChI is InChI=1S/C14H26N2OS/c1-17-12-13-4-8-16(9-5-13)10-11-18-14-2-6-15-7-3-14/h4,14-15H,2-3,5-12H2,1H3. The minimum Gasteiger partial charge on any atom is -0.380 e. The van der Waals surface area contributed by atoms with Crippen LogP contribution in [0.25, 0.3) is 0 Å². The van der Waals surface area contributed by atoms with Crippen molar-refractivity contribution in [1.82, 2.24) is 10.2 Å². The first-order valence-electron chi connectivity index (χ1n) is 7.10. The van der Waals surface area contributed by atoms with E-state index < -0.39 is 0 Å². The Kier molecular flexibility index (Phi) is 6.55. The maximum absolute atomic E-state index is 5.18. The number of ether oxygens (including phenoxy) is 1. The molecule has 104 valence electrons. The average Bonchev–Trinajstić information content (AvgIpc) is 2.42. The predicted octanol–water partition coefficient (Wildman–Crippen LogP) is 1.75. The Hall–Kier alpha value is -0.0300. The normalized spacial score (nSPS) is 23.1. The summed E-state index contributed by atoms with van der Waals surface area (Å²) in [5, 5.41) is 4.33. The molecule has 1 N–H and O–H groups in total. The van der Waals surface area contributed by atoms with Crippen molar-refractivity contribution in [3.63, 3.8) is 0 Å². The fourth-order valence-electron chi connectivity index (χ4n) is 2.58. The van der Waals surface area contributed by atoms with Crippen molar-refractivity contribution in [3.05, 3.63) is 11.6 Å². The minimum atomic E-state index is 0.817. The first-order chi connectivity index (χ1) is 8.88. The number of hydrogen-bond donors (Lipinski definition) is 1. The molecule has 18 heavy (non-hydrogen) atoms. The summed E-state index contributed by atoms with van der Waals surface area (Å²) in [6.45, 7) is 6.81. The van der Waals surface area contributed by atoms with Crippen molar-refractivity contribution in [2.45, 2.75) is 24.5 Å². The van der Waals surface area contributed by atoms with Crippen molar-refractivity contribution >= 4 is 11.8 Å². The number of hydrogen-bond acceptors (Lipinski definition) is 4. The lowest BCUT2D eigenvalue weighted by Crippen LogP contribution is -2.33. The van der Waals surface area contributed by atoms with Gasteiger partial charge in [0.15, 0.2) is 0 Å². The summed E-state index contributed by atoms with van der Waals surface area (Å²) in [6.07, 6.45) is 6.24. The van der Waals surface area contributed by atoms with Crippen LogP contribution in [0.2, 0.25) is 0 Å². The topological polar surface area (TPSA) is 24.5 Å². The monoisotopic (exact) mass is 270 g/mol. The van der Waals surface area contributed by atoms with Crippen LogP contribution in [0.1, 0.15) is 19.3 Å². The van der Waals surface area contributed by atoms with Crippen molar-refractivity contribution in [2.75, 3.05) is 52.2 Å². The second-order valence-electron chi connectivity index (χ2n) is 5.17. The van der Waals surface area contributed by atoms with Gasteiger partial charge in [-0.15, -0.1) is 0 Å². The lowest BCUT2D eigenvalue weighted by molar-refractivity contribution is 0.213. The minimum absolute atomic E-state index is 0.817. The zero-order valence-electron chi connectivity index (χ0n) is 11.5. The molecule has 0 bridgehead atoms. The molecule has 2 rings (SSSR count). The van der Waals surface area contributed by atoms with Crippen molar-refractivity contribution in [2.24, 2.45) is 0 Å². The zero-order valence-corrected chi connectivity index (χ0v) is 12.3. The summed E-state index contributed by atoms with van der Waals surface area (Å²) in [7, 11) is 1.78. The summed E-state index contributed by atoms with van der Waals surface area (Å²) in [5.41, 5.74) is 1.47. The molecule has 0 saturated carbocycles. The molecule has 0 aromatic carbocycles. The molecule has 4 heteroatoms. The molecule has 2 aliphatic heterocycles. The number of nitrogens with zero attached hydrogens (tertiary/aromatic N) is 1. The first-order valence-corrected chi connectivity index (χ1v) is 8.15. The largest absolute Gasteiger partial charge is 0.380 e. The molecule has 2 aliphatic rings. The van der Waals surface area contributed by atoms with Crippen LogP contribution < -0.4 is 5.32 Å². The SMILES string of the molecule is COCC1=CCN(CCSC2CCNCC2)CC1. The molecule has 3 nitrogen and oxygen atoms in total. The number of thioether (sulfide) groups is 1. The van der Waals surface area contributed by atoms with Gasteiger partial charge in [-0.25, -0.2) is 0 Å². The van der Waals surface area contributed by atoms with E-state index in [0.29, 0.717) is 0 Å². The van der Waals surface area contributed by atoms with Crippen molar-refractivity contribution in [3.8, 4) is 0 Å². The van der Waals surface area contributed by atoms with Gasteiger partial charge < -0.3 is 10.1 Å². The van der Waals surface area contributed by atoms with E-state index in [1.54, 1.807) is 7.11 Å². The van der Waals surface area contributed by atoms with Gasteiger partial charge in [-0.3, -0.25) is 4.90 Å². The second-order valence-corrected chi connectivity index (χ2v) is 6.57. The Labute approximate surface area is 115 Å². The highest BCUT2D eigenvalue weighted by molar-refractivity contribution is 7.99. The molecule has 1 fully saturated rings. The van der Waals surface area contributed by atoms with E-state index in [1.807, 2.05) is 0 Å². The van der Waals surface area contributed by atoms with E-state index in [0.717, 1.165) is 18.4 Å². The van der Waals surface area contributed by atoms with Crippen LogP contribution in [0.4, 0.5) is 0 Å². The van der Waals surface area contributed by atoms with E-state index in [4.69, 9.17) is 4.74 Å². The Morgan fingerprint density at radius 3 is 2.94 bits per heavy atom. The highest BCUT2D eigenvalue weighted by Crippen LogP contribution is 2.20. The van der Waals surface area contributed by atoms with Crippen LogP contribution in [0.5, 0.6) is 0 Å².